The summed E-state index contributed by atoms with van der Waals surface area (Å²) in [7, 11) is -2.93. The van der Waals surface area contributed by atoms with Crippen LogP contribution in [0.2, 0.25) is 15.2 Å². The molecule has 0 bridgehead atoms. The second-order valence-corrected chi connectivity index (χ2v) is 8.89. The number of hydrogen-bond donors (Lipinski definition) is 3. The number of thioether (sulfide) groups is 1. The van der Waals surface area contributed by atoms with Crippen molar-refractivity contribution < 1.29 is 23.1 Å². The maximum Gasteiger partial charge on any atom is 0.321 e. The lowest BCUT2D eigenvalue weighted by molar-refractivity contribution is -0.137. The average Bonchev–Trinajstić information content (AvgIpc) is 2.62. The lowest BCUT2D eigenvalue weighted by atomic mass is 10.4. The maximum atomic E-state index is 12.6. The number of benzene rings is 1. The summed E-state index contributed by atoms with van der Waals surface area (Å²) in [6.07, 6.45) is 0. The summed E-state index contributed by atoms with van der Waals surface area (Å²) < 4.78 is 32.5. The minimum Gasteiger partial charge on any atom is -0.480 e. The lowest BCUT2D eigenvalue weighted by Crippen LogP contribution is -2.32. The Morgan fingerprint density at radius 2 is 2.04 bits per heavy atom. The van der Waals surface area contributed by atoms with Crippen LogP contribution in [0.1, 0.15) is 0 Å². The number of ether oxygens (including phenoxy) is 1. The third-order valence-electron chi connectivity index (χ3n) is 3.14. The summed E-state index contributed by atoms with van der Waals surface area (Å²) in [4.78, 5) is 18.5. The molecule has 2 rings (SSSR count). The van der Waals surface area contributed by atoms with Crippen LogP contribution in [0, 0.1) is 0 Å². The van der Waals surface area contributed by atoms with Crippen molar-refractivity contribution in [1.29, 1.82) is 0 Å². The molecule has 0 fully saturated rings. The van der Waals surface area contributed by atoms with Gasteiger partial charge in [-0.2, -0.15) is 0 Å². The summed E-state index contributed by atoms with van der Waals surface area (Å²) in [6, 6.07) is 2.98. The first-order chi connectivity index (χ1) is 13.1. The number of nitrogens with zero attached hydrogens (tertiary/aromatic N) is 2. The van der Waals surface area contributed by atoms with Crippen LogP contribution in [-0.2, 0) is 14.8 Å². The summed E-state index contributed by atoms with van der Waals surface area (Å²) >= 11 is 18.8. The molecule has 4 N–H and O–H groups in total. The number of aliphatic carboxylic acids is 1. The molecule has 0 aliphatic heterocycles. The summed E-state index contributed by atoms with van der Waals surface area (Å²) in [5.74, 6) is -1.69. The molecule has 0 unspecified atom stereocenters. The van der Waals surface area contributed by atoms with Crippen LogP contribution in [0.3, 0.4) is 0 Å². The third-order valence-corrected chi connectivity index (χ3v) is 6.91. The van der Waals surface area contributed by atoms with E-state index in [4.69, 9.17) is 50.4 Å². The zero-order valence-electron chi connectivity index (χ0n) is 14.0. The minimum atomic E-state index is -4.18. The molecule has 1 aromatic heterocycles. The molecule has 0 saturated carbocycles. The smallest absolute Gasteiger partial charge is 0.321 e. The molecule has 0 aliphatic carbocycles. The van der Waals surface area contributed by atoms with Gasteiger partial charge in [0.15, 0.2) is 5.15 Å². The van der Waals surface area contributed by atoms with E-state index in [1.165, 1.54) is 25.3 Å². The van der Waals surface area contributed by atoms with Crippen molar-refractivity contribution in [3.05, 3.63) is 33.4 Å². The molecule has 0 saturated heterocycles. The predicted molar refractivity (Wildman–Crippen MR) is 107 cm³/mol. The van der Waals surface area contributed by atoms with Crippen molar-refractivity contribution in [1.82, 2.24) is 9.97 Å². The number of hydrogen-bond acceptors (Lipinski definition) is 8. The number of sulfonamides is 1. The number of carbonyl (C=O) groups is 1. The van der Waals surface area contributed by atoms with Gasteiger partial charge in [-0.15, -0.1) is 11.8 Å². The largest absolute Gasteiger partial charge is 0.480 e. The van der Waals surface area contributed by atoms with E-state index in [1.807, 2.05) is 0 Å². The van der Waals surface area contributed by atoms with Gasteiger partial charge in [0.1, 0.15) is 16.0 Å². The van der Waals surface area contributed by atoms with Crippen LogP contribution in [0.15, 0.2) is 28.1 Å². The maximum absolute atomic E-state index is 12.6. The molecule has 1 aromatic carbocycles. The van der Waals surface area contributed by atoms with Gasteiger partial charge in [0.05, 0.1) is 17.2 Å². The van der Waals surface area contributed by atoms with Crippen molar-refractivity contribution in [2.24, 2.45) is 5.73 Å². The molecule has 14 heteroatoms. The number of carboxylic acids is 1. The van der Waals surface area contributed by atoms with Crippen LogP contribution >= 0.6 is 46.6 Å². The zero-order chi connectivity index (χ0) is 21.1. The second kappa shape index (κ2) is 9.33. The van der Waals surface area contributed by atoms with Gasteiger partial charge in [0, 0.05) is 5.75 Å². The summed E-state index contributed by atoms with van der Waals surface area (Å²) in [5.41, 5.74) is 5.43. The predicted octanol–water partition coefficient (Wildman–Crippen LogP) is 2.75. The monoisotopic (exact) mass is 486 g/mol. The Morgan fingerprint density at radius 3 is 2.64 bits per heavy atom. The Hall–Kier alpha value is -1.50. The number of anilines is 1. The van der Waals surface area contributed by atoms with E-state index < -0.39 is 22.0 Å². The highest BCUT2D eigenvalue weighted by atomic mass is 35.5. The van der Waals surface area contributed by atoms with Crippen molar-refractivity contribution in [2.75, 3.05) is 17.6 Å². The molecule has 2 aromatic rings. The van der Waals surface area contributed by atoms with Gasteiger partial charge in [-0.05, 0) is 12.1 Å². The van der Waals surface area contributed by atoms with E-state index in [0.717, 1.165) is 11.8 Å². The number of nitrogens with two attached hydrogens (primary N) is 1. The first-order valence-corrected chi connectivity index (χ1v) is 10.9. The fourth-order valence-corrected chi connectivity index (χ4v) is 4.64. The molecule has 1 atom stereocenters. The third kappa shape index (κ3) is 5.31. The summed E-state index contributed by atoms with van der Waals surface area (Å²) in [5, 5.41) is 8.67. The van der Waals surface area contributed by atoms with Crippen molar-refractivity contribution in [3.63, 3.8) is 0 Å². The molecule has 0 radical (unpaired) electrons. The fraction of sp³-hybridized carbons (Fsp3) is 0.214. The molecule has 152 valence electrons. The van der Waals surface area contributed by atoms with Gasteiger partial charge >= 0.3 is 5.97 Å². The van der Waals surface area contributed by atoms with Crippen LogP contribution in [0.4, 0.5) is 5.82 Å². The zero-order valence-corrected chi connectivity index (χ0v) is 17.9. The number of methoxy groups -OCH3 is 1. The molecule has 9 nitrogen and oxygen atoms in total. The number of nitrogens with one attached hydrogen (secondary N) is 1. The Kier molecular flexibility index (Phi) is 7.59. The number of rotatable bonds is 8. The fourth-order valence-electron chi connectivity index (χ4n) is 1.80. The first kappa shape index (κ1) is 22.8. The molecular weight excluding hydrogens is 475 g/mol. The van der Waals surface area contributed by atoms with E-state index in [1.54, 1.807) is 0 Å². The Bertz CT molecular complexity index is 1010. The lowest BCUT2D eigenvalue weighted by Gasteiger charge is -2.13. The normalized spacial score (nSPS) is 12.5. The molecular formula is C14H13Cl3N4O5S2. The highest BCUT2D eigenvalue weighted by Gasteiger charge is 2.24. The van der Waals surface area contributed by atoms with E-state index in [0.29, 0.717) is 0 Å². The number of halogens is 3. The van der Waals surface area contributed by atoms with Gasteiger partial charge < -0.3 is 15.6 Å². The molecule has 0 aliphatic rings. The first-order valence-electron chi connectivity index (χ1n) is 7.26. The summed E-state index contributed by atoms with van der Waals surface area (Å²) in [6.45, 7) is 0. The van der Waals surface area contributed by atoms with E-state index in [-0.39, 0.29) is 42.6 Å². The van der Waals surface area contributed by atoms with Gasteiger partial charge in [-0.3, -0.25) is 9.52 Å². The van der Waals surface area contributed by atoms with Crippen LogP contribution in [0.25, 0.3) is 0 Å². The van der Waals surface area contributed by atoms with Gasteiger partial charge in [-0.1, -0.05) is 40.9 Å². The van der Waals surface area contributed by atoms with Gasteiger partial charge in [-0.25, -0.2) is 18.4 Å². The van der Waals surface area contributed by atoms with Crippen LogP contribution < -0.4 is 15.2 Å². The quantitative estimate of drug-likeness (QED) is 0.478. The number of aromatic nitrogens is 2. The van der Waals surface area contributed by atoms with E-state index in [2.05, 4.69) is 14.7 Å². The molecule has 0 spiro atoms. The van der Waals surface area contributed by atoms with Crippen molar-refractivity contribution >= 4 is 68.4 Å². The average molecular weight is 488 g/mol. The highest BCUT2D eigenvalue weighted by molar-refractivity contribution is 7.99. The van der Waals surface area contributed by atoms with Crippen LogP contribution in [-0.4, -0.2) is 48.4 Å². The SMILES string of the molecule is COc1nc(SC[C@H](N)C(=O)O)c(Cl)nc1NS(=O)(=O)c1cccc(Cl)c1Cl. The molecule has 1 heterocycles. The van der Waals surface area contributed by atoms with Gasteiger partial charge in [0.25, 0.3) is 15.9 Å². The van der Waals surface area contributed by atoms with Crippen molar-refractivity contribution in [3.8, 4) is 5.88 Å². The second-order valence-electron chi connectivity index (χ2n) is 5.09. The standard InChI is InChI=1S/C14H13Cl3N4O5S2/c1-26-12-11(19-10(17)13(20-12)27-5-7(18)14(22)23)21-28(24,25)8-4-2-3-6(15)9(8)16/h2-4,7H,5,18H2,1H3,(H,19,21)(H,22,23)/t7-/m0/s1. The topological polar surface area (TPSA) is 144 Å². The highest BCUT2D eigenvalue weighted by Crippen LogP contribution is 2.34. The van der Waals surface area contributed by atoms with E-state index in [9.17, 15) is 13.2 Å². The minimum absolute atomic E-state index is 0.0317. The Labute approximate surface area is 179 Å². The Balaban J connectivity index is 2.34. The number of carboxylic acid groups (broad SMARTS) is 1. The van der Waals surface area contributed by atoms with E-state index >= 15 is 0 Å². The van der Waals surface area contributed by atoms with Crippen LogP contribution in [0.5, 0.6) is 5.88 Å². The molecule has 28 heavy (non-hydrogen) atoms. The molecule has 0 amide bonds. The Morgan fingerprint density at radius 1 is 1.36 bits per heavy atom. The van der Waals surface area contributed by atoms with Crippen molar-refractivity contribution in [2.45, 2.75) is 16.0 Å². The van der Waals surface area contributed by atoms with Gasteiger partial charge in [0.2, 0.25) is 5.82 Å².